The van der Waals surface area contributed by atoms with E-state index in [2.05, 4.69) is 41.2 Å². The highest BCUT2D eigenvalue weighted by Crippen LogP contribution is 2.27. The summed E-state index contributed by atoms with van der Waals surface area (Å²) in [6.45, 7) is 5.85. The Morgan fingerprint density at radius 3 is 2.43 bits per heavy atom. The molecular weight excluding hydrogens is 350 g/mol. The van der Waals surface area contributed by atoms with Crippen molar-refractivity contribution >= 4 is 17.5 Å². The van der Waals surface area contributed by atoms with Crippen molar-refractivity contribution in [3.8, 4) is 0 Å². The monoisotopic (exact) mass is 379 g/mol. The van der Waals surface area contributed by atoms with Crippen molar-refractivity contribution in [2.75, 3.05) is 25.0 Å². The molecule has 0 bridgehead atoms. The van der Waals surface area contributed by atoms with Crippen LogP contribution in [0.5, 0.6) is 0 Å². The largest absolute Gasteiger partial charge is 0.356 e. The van der Waals surface area contributed by atoms with Crippen molar-refractivity contribution in [2.24, 2.45) is 11.8 Å². The zero-order chi connectivity index (χ0) is 20.1. The van der Waals surface area contributed by atoms with Gasteiger partial charge < -0.3 is 10.2 Å². The van der Waals surface area contributed by atoms with Crippen LogP contribution in [-0.4, -0.2) is 36.8 Å². The first-order valence-electron chi connectivity index (χ1n) is 10.0. The number of rotatable bonds is 6. The predicted octanol–water partition coefficient (Wildman–Crippen LogP) is 3.74. The van der Waals surface area contributed by atoms with E-state index in [4.69, 9.17) is 0 Å². The Balaban J connectivity index is 1.64. The third-order valence-corrected chi connectivity index (χ3v) is 5.31. The molecule has 0 aliphatic carbocycles. The standard InChI is InChI=1S/C23H29N3O2/c1-16(2)15-17-6-8-18(9-7-17)21(27)19-10-13-26(14-11-19)22-20(23(28)24-3)5-4-12-25-22/h4-9,12,16,19H,10-11,13-15H2,1-3H3,(H,24,28). The van der Waals surface area contributed by atoms with Gasteiger partial charge in [0.15, 0.2) is 5.78 Å². The number of benzene rings is 1. The summed E-state index contributed by atoms with van der Waals surface area (Å²) in [7, 11) is 1.62. The second-order valence-corrected chi connectivity index (χ2v) is 7.87. The summed E-state index contributed by atoms with van der Waals surface area (Å²) < 4.78 is 0. The number of carbonyl (C=O) groups excluding carboxylic acids is 2. The molecular formula is C23H29N3O2. The van der Waals surface area contributed by atoms with Gasteiger partial charge in [0.25, 0.3) is 5.91 Å². The lowest BCUT2D eigenvalue weighted by atomic mass is 9.88. The van der Waals surface area contributed by atoms with Gasteiger partial charge in [-0.25, -0.2) is 4.98 Å². The SMILES string of the molecule is CNC(=O)c1cccnc1N1CCC(C(=O)c2ccc(CC(C)C)cc2)CC1. The maximum absolute atomic E-state index is 12.9. The van der Waals surface area contributed by atoms with Gasteiger partial charge in [-0.1, -0.05) is 38.1 Å². The zero-order valence-electron chi connectivity index (χ0n) is 16.9. The molecule has 148 valence electrons. The number of ketones is 1. The maximum Gasteiger partial charge on any atom is 0.254 e. The summed E-state index contributed by atoms with van der Waals surface area (Å²) in [5.74, 6) is 1.42. The van der Waals surface area contributed by atoms with Crippen LogP contribution in [0.4, 0.5) is 5.82 Å². The Bertz CT molecular complexity index is 822. The Labute approximate surface area is 167 Å². The van der Waals surface area contributed by atoms with E-state index in [0.29, 0.717) is 17.3 Å². The van der Waals surface area contributed by atoms with E-state index >= 15 is 0 Å². The number of nitrogens with one attached hydrogen (secondary N) is 1. The number of amides is 1. The minimum absolute atomic E-state index is 0.0272. The van der Waals surface area contributed by atoms with E-state index in [0.717, 1.165) is 37.9 Å². The molecule has 0 spiro atoms. The van der Waals surface area contributed by atoms with Crippen LogP contribution in [0.1, 0.15) is 53.0 Å². The second kappa shape index (κ2) is 9.00. The number of pyridine rings is 1. The molecule has 0 saturated carbocycles. The fourth-order valence-electron chi connectivity index (χ4n) is 3.83. The molecule has 28 heavy (non-hydrogen) atoms. The number of hydrogen-bond acceptors (Lipinski definition) is 4. The molecule has 5 heteroatoms. The average molecular weight is 380 g/mol. The minimum Gasteiger partial charge on any atom is -0.356 e. The van der Waals surface area contributed by atoms with Gasteiger partial charge in [-0.2, -0.15) is 0 Å². The number of piperidine rings is 1. The van der Waals surface area contributed by atoms with Crippen LogP contribution in [0.25, 0.3) is 0 Å². The lowest BCUT2D eigenvalue weighted by molar-refractivity contribution is 0.0898. The fraction of sp³-hybridized carbons (Fsp3) is 0.435. The number of anilines is 1. The Hall–Kier alpha value is -2.69. The van der Waals surface area contributed by atoms with E-state index in [1.807, 2.05) is 12.1 Å². The van der Waals surface area contributed by atoms with E-state index in [-0.39, 0.29) is 17.6 Å². The molecule has 1 fully saturated rings. The predicted molar refractivity (Wildman–Crippen MR) is 112 cm³/mol. The molecule has 2 aromatic rings. The molecule has 0 atom stereocenters. The quantitative estimate of drug-likeness (QED) is 0.777. The van der Waals surface area contributed by atoms with E-state index < -0.39 is 0 Å². The van der Waals surface area contributed by atoms with Crippen molar-refractivity contribution in [3.63, 3.8) is 0 Å². The van der Waals surface area contributed by atoms with Crippen molar-refractivity contribution in [2.45, 2.75) is 33.1 Å². The average Bonchev–Trinajstić information content (AvgIpc) is 2.73. The summed E-state index contributed by atoms with van der Waals surface area (Å²) in [5, 5.41) is 2.67. The van der Waals surface area contributed by atoms with Gasteiger partial charge in [0, 0.05) is 37.8 Å². The maximum atomic E-state index is 12.9. The van der Waals surface area contributed by atoms with Gasteiger partial charge in [-0.3, -0.25) is 9.59 Å². The third kappa shape index (κ3) is 4.58. The van der Waals surface area contributed by atoms with Gasteiger partial charge in [-0.05, 0) is 42.9 Å². The van der Waals surface area contributed by atoms with Crippen LogP contribution in [-0.2, 0) is 6.42 Å². The number of aromatic nitrogens is 1. The molecule has 5 nitrogen and oxygen atoms in total. The van der Waals surface area contributed by atoms with Crippen LogP contribution < -0.4 is 10.2 Å². The summed E-state index contributed by atoms with van der Waals surface area (Å²) in [6, 6.07) is 11.6. The molecule has 1 amide bonds. The van der Waals surface area contributed by atoms with Crippen LogP contribution in [0.3, 0.4) is 0 Å². The lowest BCUT2D eigenvalue weighted by Gasteiger charge is -2.33. The van der Waals surface area contributed by atoms with Crippen molar-refractivity contribution in [1.29, 1.82) is 0 Å². The third-order valence-electron chi connectivity index (χ3n) is 5.31. The summed E-state index contributed by atoms with van der Waals surface area (Å²) >= 11 is 0. The highest BCUT2D eigenvalue weighted by Gasteiger charge is 2.28. The highest BCUT2D eigenvalue weighted by atomic mass is 16.1. The van der Waals surface area contributed by atoms with Gasteiger partial charge >= 0.3 is 0 Å². The smallest absolute Gasteiger partial charge is 0.254 e. The number of hydrogen-bond donors (Lipinski definition) is 1. The number of nitrogens with zero attached hydrogens (tertiary/aromatic N) is 2. The lowest BCUT2D eigenvalue weighted by Crippen LogP contribution is -2.38. The first kappa shape index (κ1) is 20.1. The number of Topliss-reactive ketones (excluding diaryl/α,β-unsaturated/α-hetero) is 1. The molecule has 1 aromatic heterocycles. The van der Waals surface area contributed by atoms with E-state index in [9.17, 15) is 9.59 Å². The summed E-state index contributed by atoms with van der Waals surface area (Å²) in [6.07, 6.45) is 4.29. The van der Waals surface area contributed by atoms with Gasteiger partial charge in [0.2, 0.25) is 0 Å². The van der Waals surface area contributed by atoms with Crippen LogP contribution in [0.15, 0.2) is 42.6 Å². The zero-order valence-corrected chi connectivity index (χ0v) is 16.9. The van der Waals surface area contributed by atoms with Gasteiger partial charge in [0.1, 0.15) is 5.82 Å². The Morgan fingerprint density at radius 1 is 1.14 bits per heavy atom. The molecule has 0 radical (unpaired) electrons. The van der Waals surface area contributed by atoms with Gasteiger partial charge in [0.05, 0.1) is 5.56 Å². The van der Waals surface area contributed by atoms with Crippen LogP contribution in [0, 0.1) is 11.8 Å². The molecule has 1 saturated heterocycles. The van der Waals surface area contributed by atoms with Crippen molar-refractivity contribution in [1.82, 2.24) is 10.3 Å². The van der Waals surface area contributed by atoms with Crippen LogP contribution in [0.2, 0.25) is 0 Å². The molecule has 3 rings (SSSR count). The summed E-state index contributed by atoms with van der Waals surface area (Å²) in [4.78, 5) is 31.5. The van der Waals surface area contributed by atoms with Crippen molar-refractivity contribution < 1.29 is 9.59 Å². The Morgan fingerprint density at radius 2 is 1.82 bits per heavy atom. The minimum atomic E-state index is -0.136. The molecule has 2 heterocycles. The topological polar surface area (TPSA) is 62.3 Å². The molecule has 1 aliphatic heterocycles. The van der Waals surface area contributed by atoms with E-state index in [1.165, 1.54) is 5.56 Å². The first-order chi connectivity index (χ1) is 13.5. The fourth-order valence-corrected chi connectivity index (χ4v) is 3.83. The Kier molecular flexibility index (Phi) is 6.45. The van der Waals surface area contributed by atoms with E-state index in [1.54, 1.807) is 25.4 Å². The normalized spacial score (nSPS) is 14.9. The molecule has 0 unspecified atom stereocenters. The molecule has 1 aliphatic rings. The molecule has 1 N–H and O–H groups in total. The first-order valence-corrected chi connectivity index (χ1v) is 10.0. The highest BCUT2D eigenvalue weighted by molar-refractivity contribution is 5.99. The van der Waals surface area contributed by atoms with Crippen LogP contribution >= 0.6 is 0 Å². The summed E-state index contributed by atoms with van der Waals surface area (Å²) in [5.41, 5.74) is 2.66. The number of carbonyl (C=O) groups is 2. The van der Waals surface area contributed by atoms with Crippen molar-refractivity contribution in [3.05, 3.63) is 59.3 Å². The second-order valence-electron chi connectivity index (χ2n) is 7.87. The van der Waals surface area contributed by atoms with Gasteiger partial charge in [-0.15, -0.1) is 0 Å². The molecule has 1 aromatic carbocycles.